The van der Waals surface area contributed by atoms with Gasteiger partial charge in [0.05, 0.1) is 42.6 Å². The Bertz CT molecular complexity index is 963. The lowest BCUT2D eigenvalue weighted by Crippen LogP contribution is -2.45. The Balaban J connectivity index is 2.24. The van der Waals surface area contributed by atoms with Crippen LogP contribution in [0.3, 0.4) is 0 Å². The standard InChI is InChI=1S/C21H21BrN2O4S/c1-4-28-20(25)17-18(12-8-6-5-7-9-12)23-21(29)24-19(17)13-10-14(22)16(27-3)11-15(13)26-2/h5-11,19H,4H2,1-3H3,(H2,23,24,29). The summed E-state index contributed by atoms with van der Waals surface area (Å²) in [6, 6.07) is 12.6. The van der Waals surface area contributed by atoms with E-state index < -0.39 is 12.0 Å². The van der Waals surface area contributed by atoms with Crippen LogP contribution in [0.25, 0.3) is 5.70 Å². The molecule has 2 N–H and O–H groups in total. The minimum Gasteiger partial charge on any atom is -0.496 e. The molecule has 2 aromatic rings. The molecule has 1 atom stereocenters. The lowest BCUT2D eigenvalue weighted by molar-refractivity contribution is -0.138. The number of carbonyl (C=O) groups excluding carboxylic acids is 1. The first-order valence-electron chi connectivity index (χ1n) is 8.95. The van der Waals surface area contributed by atoms with E-state index in [4.69, 9.17) is 26.4 Å². The molecule has 2 aromatic carbocycles. The molecule has 1 aliphatic heterocycles. The Morgan fingerprint density at radius 2 is 1.83 bits per heavy atom. The zero-order valence-electron chi connectivity index (χ0n) is 16.2. The number of hydrogen-bond acceptors (Lipinski definition) is 5. The zero-order chi connectivity index (χ0) is 21.0. The predicted octanol–water partition coefficient (Wildman–Crippen LogP) is 3.96. The zero-order valence-corrected chi connectivity index (χ0v) is 18.6. The molecule has 0 amide bonds. The first kappa shape index (κ1) is 21.1. The van der Waals surface area contributed by atoms with Crippen LogP contribution in [0.4, 0.5) is 0 Å². The van der Waals surface area contributed by atoms with Crippen LogP contribution in [-0.4, -0.2) is 31.9 Å². The molecule has 0 bridgehead atoms. The fourth-order valence-corrected chi connectivity index (χ4v) is 3.91. The predicted molar refractivity (Wildman–Crippen MR) is 119 cm³/mol. The molecule has 29 heavy (non-hydrogen) atoms. The molecule has 0 saturated carbocycles. The van der Waals surface area contributed by atoms with Crippen molar-refractivity contribution < 1.29 is 19.0 Å². The summed E-state index contributed by atoms with van der Waals surface area (Å²) in [6.07, 6.45) is 0. The highest BCUT2D eigenvalue weighted by atomic mass is 79.9. The second-order valence-electron chi connectivity index (χ2n) is 6.14. The molecular weight excluding hydrogens is 456 g/mol. The van der Waals surface area contributed by atoms with Crippen LogP contribution in [0.15, 0.2) is 52.5 Å². The van der Waals surface area contributed by atoms with E-state index in [9.17, 15) is 4.79 Å². The normalized spacial score (nSPS) is 16.0. The van der Waals surface area contributed by atoms with Gasteiger partial charge in [-0.15, -0.1) is 0 Å². The van der Waals surface area contributed by atoms with Crippen molar-refractivity contribution in [3.05, 3.63) is 63.6 Å². The molecule has 8 heteroatoms. The number of benzene rings is 2. The average Bonchev–Trinajstić information content (AvgIpc) is 2.73. The van der Waals surface area contributed by atoms with Gasteiger partial charge in [0.25, 0.3) is 0 Å². The molecule has 6 nitrogen and oxygen atoms in total. The number of nitrogens with one attached hydrogen (secondary N) is 2. The van der Waals surface area contributed by atoms with E-state index in [1.807, 2.05) is 36.4 Å². The van der Waals surface area contributed by atoms with Crippen molar-refractivity contribution in [2.45, 2.75) is 13.0 Å². The smallest absolute Gasteiger partial charge is 0.338 e. The number of hydrogen-bond donors (Lipinski definition) is 2. The minimum absolute atomic E-state index is 0.255. The van der Waals surface area contributed by atoms with Crippen LogP contribution in [0.1, 0.15) is 24.1 Å². The van der Waals surface area contributed by atoms with Crippen LogP contribution < -0.4 is 20.1 Å². The summed E-state index contributed by atoms with van der Waals surface area (Å²) >= 11 is 8.95. The summed E-state index contributed by atoms with van der Waals surface area (Å²) in [5.74, 6) is 0.737. The van der Waals surface area contributed by atoms with Gasteiger partial charge in [-0.05, 0) is 46.7 Å². The molecule has 0 aliphatic carbocycles. The van der Waals surface area contributed by atoms with Gasteiger partial charge in [-0.2, -0.15) is 0 Å². The molecule has 152 valence electrons. The number of carbonyl (C=O) groups is 1. The highest BCUT2D eigenvalue weighted by Gasteiger charge is 2.35. The molecule has 0 radical (unpaired) electrons. The summed E-state index contributed by atoms with van der Waals surface area (Å²) in [4.78, 5) is 13.0. The Morgan fingerprint density at radius 1 is 1.14 bits per heavy atom. The molecule has 1 aliphatic rings. The van der Waals surface area contributed by atoms with Crippen molar-refractivity contribution in [1.82, 2.24) is 10.6 Å². The van der Waals surface area contributed by atoms with Crippen LogP contribution >= 0.6 is 28.1 Å². The van der Waals surface area contributed by atoms with E-state index in [0.29, 0.717) is 27.9 Å². The third kappa shape index (κ3) is 4.38. The number of ether oxygens (including phenoxy) is 3. The van der Waals surface area contributed by atoms with Gasteiger partial charge in [0, 0.05) is 11.6 Å². The van der Waals surface area contributed by atoms with Crippen molar-refractivity contribution in [3.8, 4) is 11.5 Å². The minimum atomic E-state index is -0.574. The molecule has 3 rings (SSSR count). The van der Waals surface area contributed by atoms with Gasteiger partial charge in [-0.3, -0.25) is 0 Å². The van der Waals surface area contributed by atoms with Gasteiger partial charge in [0.2, 0.25) is 0 Å². The number of halogens is 1. The third-order valence-electron chi connectivity index (χ3n) is 4.44. The Morgan fingerprint density at radius 3 is 2.45 bits per heavy atom. The Kier molecular flexibility index (Phi) is 6.76. The van der Waals surface area contributed by atoms with Crippen molar-refractivity contribution in [1.29, 1.82) is 0 Å². The maximum atomic E-state index is 13.0. The van der Waals surface area contributed by atoms with E-state index >= 15 is 0 Å². The van der Waals surface area contributed by atoms with Crippen molar-refractivity contribution in [2.24, 2.45) is 0 Å². The van der Waals surface area contributed by atoms with E-state index in [2.05, 4.69) is 26.6 Å². The summed E-state index contributed by atoms with van der Waals surface area (Å²) in [5, 5.41) is 6.70. The van der Waals surface area contributed by atoms with Crippen molar-refractivity contribution in [2.75, 3.05) is 20.8 Å². The van der Waals surface area contributed by atoms with E-state index in [-0.39, 0.29) is 6.61 Å². The highest BCUT2D eigenvalue weighted by Crippen LogP contribution is 2.40. The molecule has 1 unspecified atom stereocenters. The first-order chi connectivity index (χ1) is 14.0. The molecular formula is C21H21BrN2O4S. The second kappa shape index (κ2) is 9.28. The molecule has 0 fully saturated rings. The van der Waals surface area contributed by atoms with E-state index in [0.717, 1.165) is 15.6 Å². The van der Waals surface area contributed by atoms with Gasteiger partial charge in [0.1, 0.15) is 11.5 Å². The number of thiocarbonyl (C=S) groups is 1. The lowest BCUT2D eigenvalue weighted by atomic mass is 9.92. The summed E-state index contributed by atoms with van der Waals surface area (Å²) in [5.41, 5.74) is 2.57. The average molecular weight is 477 g/mol. The lowest BCUT2D eigenvalue weighted by Gasteiger charge is -2.32. The van der Waals surface area contributed by atoms with Crippen LogP contribution in [0, 0.1) is 0 Å². The van der Waals surface area contributed by atoms with Crippen LogP contribution in [-0.2, 0) is 9.53 Å². The van der Waals surface area contributed by atoms with Gasteiger partial charge in [-0.1, -0.05) is 30.3 Å². The van der Waals surface area contributed by atoms with Crippen LogP contribution in [0.5, 0.6) is 11.5 Å². The number of esters is 1. The van der Waals surface area contributed by atoms with Gasteiger partial charge in [0.15, 0.2) is 5.11 Å². The number of rotatable bonds is 6. The fraction of sp³-hybridized carbons (Fsp3) is 0.238. The third-order valence-corrected chi connectivity index (χ3v) is 5.28. The van der Waals surface area contributed by atoms with Gasteiger partial charge >= 0.3 is 5.97 Å². The molecule has 1 heterocycles. The monoisotopic (exact) mass is 476 g/mol. The summed E-state index contributed by atoms with van der Waals surface area (Å²) in [7, 11) is 3.14. The quantitative estimate of drug-likeness (QED) is 0.482. The molecule has 0 spiro atoms. The summed E-state index contributed by atoms with van der Waals surface area (Å²) < 4.78 is 17.0. The Hall–Kier alpha value is -2.58. The van der Waals surface area contributed by atoms with E-state index in [1.54, 1.807) is 27.2 Å². The van der Waals surface area contributed by atoms with Crippen LogP contribution in [0.2, 0.25) is 0 Å². The first-order valence-corrected chi connectivity index (χ1v) is 10.2. The maximum Gasteiger partial charge on any atom is 0.338 e. The second-order valence-corrected chi connectivity index (χ2v) is 7.40. The van der Waals surface area contributed by atoms with Crippen molar-refractivity contribution in [3.63, 3.8) is 0 Å². The van der Waals surface area contributed by atoms with E-state index in [1.165, 1.54) is 0 Å². The molecule has 0 saturated heterocycles. The Labute approximate surface area is 183 Å². The fourth-order valence-electron chi connectivity index (χ4n) is 3.17. The summed E-state index contributed by atoms with van der Waals surface area (Å²) in [6.45, 7) is 2.03. The van der Waals surface area contributed by atoms with Gasteiger partial charge < -0.3 is 24.8 Å². The van der Waals surface area contributed by atoms with Gasteiger partial charge in [-0.25, -0.2) is 4.79 Å². The SMILES string of the molecule is CCOC(=O)C1=C(c2ccccc2)NC(=S)NC1c1cc(Br)c(OC)cc1OC. The molecule has 0 aromatic heterocycles. The topological polar surface area (TPSA) is 68.8 Å². The maximum absolute atomic E-state index is 13.0. The largest absolute Gasteiger partial charge is 0.496 e. The van der Waals surface area contributed by atoms with Crippen molar-refractivity contribution >= 4 is 44.9 Å². The number of methoxy groups -OCH3 is 2. The highest BCUT2D eigenvalue weighted by molar-refractivity contribution is 9.10.